The van der Waals surface area contributed by atoms with E-state index in [1.165, 1.54) is 0 Å². The molecule has 0 amide bonds. The molecule has 0 fully saturated rings. The molecule has 0 saturated heterocycles. The highest BCUT2D eigenvalue weighted by atomic mass is 79.9. The number of rotatable bonds is 0. The van der Waals surface area contributed by atoms with Crippen molar-refractivity contribution in [3.63, 3.8) is 0 Å². The minimum atomic E-state index is 0.658. The molecule has 0 radical (unpaired) electrons. The molecule has 0 spiro atoms. The summed E-state index contributed by atoms with van der Waals surface area (Å²) >= 11 is 3.36. The van der Waals surface area contributed by atoms with Crippen LogP contribution in [0.4, 0.5) is 0 Å². The van der Waals surface area contributed by atoms with Crippen molar-refractivity contribution < 1.29 is 0 Å². The van der Waals surface area contributed by atoms with E-state index >= 15 is 0 Å². The first-order chi connectivity index (χ1) is 5.29. The fourth-order valence-corrected chi connectivity index (χ4v) is 1.18. The molecule has 0 aliphatic carbocycles. The number of halogens is 1. The maximum atomic E-state index is 4.05. The van der Waals surface area contributed by atoms with Gasteiger partial charge in [0.25, 0.3) is 0 Å². The topological polar surface area (TPSA) is 54.5 Å². The molecule has 11 heavy (non-hydrogen) atoms. The van der Waals surface area contributed by atoms with Crippen LogP contribution in [-0.2, 0) is 0 Å². The molecule has 2 aromatic rings. The predicted octanol–water partition coefficient (Wildman–Crippen LogP) is 1.42. The number of nitrogens with zero attached hydrogens (tertiary/aromatic N) is 3. The van der Waals surface area contributed by atoms with Crippen LogP contribution in [0.1, 0.15) is 5.56 Å². The second-order valence-corrected chi connectivity index (χ2v) is 3.08. The van der Waals surface area contributed by atoms with Crippen LogP contribution in [0.15, 0.2) is 10.7 Å². The van der Waals surface area contributed by atoms with E-state index < -0.39 is 0 Å². The first-order valence-electron chi connectivity index (χ1n) is 3.10. The molecule has 2 heterocycles. The van der Waals surface area contributed by atoms with Crippen LogP contribution in [0, 0.1) is 6.92 Å². The maximum absolute atomic E-state index is 4.05. The van der Waals surface area contributed by atoms with Gasteiger partial charge in [0.05, 0.1) is 0 Å². The van der Waals surface area contributed by atoms with Gasteiger partial charge in [0.15, 0.2) is 0 Å². The maximum Gasteiger partial charge on any atom is 0.201 e. The lowest BCUT2D eigenvalue weighted by molar-refractivity contribution is 0.954. The minimum absolute atomic E-state index is 0.658. The monoisotopic (exact) mass is 212 g/mol. The molecule has 0 unspecified atom stereocenters. The van der Waals surface area contributed by atoms with Gasteiger partial charge in [-0.25, -0.2) is 4.98 Å². The third kappa shape index (κ3) is 0.920. The molecule has 0 saturated carbocycles. The largest absolute Gasteiger partial charge is 0.232 e. The number of pyridine rings is 1. The van der Waals surface area contributed by atoms with Crippen LogP contribution in [0.2, 0.25) is 0 Å². The SMILES string of the molecule is Cc1c(Br)cnc2n[nH]nc12. The Labute approximate surface area is 71.2 Å². The van der Waals surface area contributed by atoms with E-state index in [-0.39, 0.29) is 0 Å². The van der Waals surface area contributed by atoms with E-state index in [4.69, 9.17) is 0 Å². The Kier molecular flexibility index (Phi) is 1.38. The third-order valence-electron chi connectivity index (χ3n) is 1.54. The van der Waals surface area contributed by atoms with Crippen molar-refractivity contribution >= 4 is 27.1 Å². The smallest absolute Gasteiger partial charge is 0.201 e. The summed E-state index contributed by atoms with van der Waals surface area (Å²) in [6.07, 6.45) is 1.72. The first kappa shape index (κ1) is 6.72. The Balaban J connectivity index is 2.93. The summed E-state index contributed by atoms with van der Waals surface area (Å²) in [6.45, 7) is 1.97. The highest BCUT2D eigenvalue weighted by molar-refractivity contribution is 9.10. The van der Waals surface area contributed by atoms with Crippen molar-refractivity contribution in [2.45, 2.75) is 6.92 Å². The summed E-state index contributed by atoms with van der Waals surface area (Å²) in [5.41, 5.74) is 2.54. The molecule has 2 aromatic heterocycles. The zero-order valence-electron chi connectivity index (χ0n) is 5.80. The van der Waals surface area contributed by atoms with Crippen LogP contribution in [0.25, 0.3) is 11.2 Å². The van der Waals surface area contributed by atoms with Gasteiger partial charge in [-0.15, -0.1) is 5.10 Å². The van der Waals surface area contributed by atoms with E-state index in [0.717, 1.165) is 15.6 Å². The lowest BCUT2D eigenvalue weighted by atomic mass is 10.3. The van der Waals surface area contributed by atoms with Crippen LogP contribution in [-0.4, -0.2) is 20.4 Å². The lowest BCUT2D eigenvalue weighted by Gasteiger charge is -1.93. The van der Waals surface area contributed by atoms with Gasteiger partial charge in [0, 0.05) is 10.7 Å². The quantitative estimate of drug-likeness (QED) is 0.719. The van der Waals surface area contributed by atoms with Gasteiger partial charge in [-0.05, 0) is 28.4 Å². The van der Waals surface area contributed by atoms with Crippen molar-refractivity contribution in [2.75, 3.05) is 0 Å². The number of aryl methyl sites for hydroxylation is 1. The van der Waals surface area contributed by atoms with Gasteiger partial charge in [0.1, 0.15) is 5.52 Å². The van der Waals surface area contributed by atoms with Crippen molar-refractivity contribution in [2.24, 2.45) is 0 Å². The van der Waals surface area contributed by atoms with Crippen LogP contribution in [0.3, 0.4) is 0 Å². The van der Waals surface area contributed by atoms with E-state index in [9.17, 15) is 0 Å². The van der Waals surface area contributed by atoms with E-state index in [2.05, 4.69) is 36.3 Å². The molecular formula is C6H5BrN4. The summed E-state index contributed by atoms with van der Waals surface area (Å²) in [6, 6.07) is 0. The molecule has 1 N–H and O–H groups in total. The molecular weight excluding hydrogens is 208 g/mol. The van der Waals surface area contributed by atoms with Crippen LogP contribution in [0.5, 0.6) is 0 Å². The van der Waals surface area contributed by atoms with Gasteiger partial charge < -0.3 is 0 Å². The van der Waals surface area contributed by atoms with Gasteiger partial charge in [0.2, 0.25) is 5.65 Å². The summed E-state index contributed by atoms with van der Waals surface area (Å²) in [5.74, 6) is 0. The first-order valence-corrected chi connectivity index (χ1v) is 3.90. The zero-order valence-corrected chi connectivity index (χ0v) is 7.38. The Morgan fingerprint density at radius 1 is 1.45 bits per heavy atom. The molecule has 0 aliphatic rings. The Hall–Kier alpha value is -0.970. The number of H-pyrrole nitrogens is 1. The van der Waals surface area contributed by atoms with E-state index in [1.54, 1.807) is 6.20 Å². The van der Waals surface area contributed by atoms with Crippen LogP contribution < -0.4 is 0 Å². The normalized spacial score (nSPS) is 10.7. The summed E-state index contributed by atoms with van der Waals surface area (Å²) in [7, 11) is 0. The van der Waals surface area contributed by atoms with Crippen molar-refractivity contribution in [3.05, 3.63) is 16.2 Å². The second kappa shape index (κ2) is 2.27. The number of hydrogen-bond acceptors (Lipinski definition) is 3. The molecule has 2 rings (SSSR count). The standard InChI is InChI=1S/C6H5BrN4/c1-3-4(7)2-8-6-5(3)9-11-10-6/h2H,1H3,(H,8,9,10,11). The molecule has 5 heteroatoms. The molecule has 0 bridgehead atoms. The molecule has 0 aliphatic heterocycles. The van der Waals surface area contributed by atoms with Crippen LogP contribution >= 0.6 is 15.9 Å². The zero-order chi connectivity index (χ0) is 7.84. The Morgan fingerprint density at radius 2 is 2.27 bits per heavy atom. The van der Waals surface area contributed by atoms with E-state index in [1.807, 2.05) is 6.92 Å². The van der Waals surface area contributed by atoms with Gasteiger partial charge in [-0.3, -0.25) is 0 Å². The third-order valence-corrected chi connectivity index (χ3v) is 2.34. The second-order valence-electron chi connectivity index (χ2n) is 2.23. The van der Waals surface area contributed by atoms with Gasteiger partial charge in [-0.2, -0.15) is 10.3 Å². The summed E-state index contributed by atoms with van der Waals surface area (Å²) < 4.78 is 0.957. The molecule has 56 valence electrons. The average Bonchev–Trinajstić information content (AvgIpc) is 2.45. The average molecular weight is 213 g/mol. The summed E-state index contributed by atoms with van der Waals surface area (Å²) in [4.78, 5) is 4.05. The Bertz CT molecular complexity index is 394. The van der Waals surface area contributed by atoms with Gasteiger partial charge >= 0.3 is 0 Å². The number of nitrogens with one attached hydrogen (secondary N) is 1. The van der Waals surface area contributed by atoms with Gasteiger partial charge in [-0.1, -0.05) is 0 Å². The lowest BCUT2D eigenvalue weighted by Crippen LogP contribution is -1.82. The summed E-state index contributed by atoms with van der Waals surface area (Å²) in [5, 5.41) is 10.3. The molecule has 0 atom stereocenters. The predicted molar refractivity (Wildman–Crippen MR) is 44.1 cm³/mol. The molecule has 0 aromatic carbocycles. The van der Waals surface area contributed by atoms with Crippen molar-refractivity contribution in [1.29, 1.82) is 0 Å². The fraction of sp³-hybridized carbons (Fsp3) is 0.167. The molecule has 4 nitrogen and oxygen atoms in total. The Morgan fingerprint density at radius 3 is 3.09 bits per heavy atom. The fourth-order valence-electron chi connectivity index (χ4n) is 0.895. The number of aromatic nitrogens is 4. The number of aromatic amines is 1. The van der Waals surface area contributed by atoms with E-state index in [0.29, 0.717) is 5.65 Å². The minimum Gasteiger partial charge on any atom is -0.232 e. The number of fused-ring (bicyclic) bond motifs is 1. The number of hydrogen-bond donors (Lipinski definition) is 1. The van der Waals surface area contributed by atoms with Crippen molar-refractivity contribution in [3.8, 4) is 0 Å². The van der Waals surface area contributed by atoms with Crippen molar-refractivity contribution in [1.82, 2.24) is 20.4 Å². The highest BCUT2D eigenvalue weighted by Gasteiger charge is 2.04. The highest BCUT2D eigenvalue weighted by Crippen LogP contribution is 2.19.